The molecule has 7 heteroatoms. The molecule has 0 unspecified atom stereocenters. The molecular formula is C10H10BrClN4O. The van der Waals surface area contributed by atoms with E-state index in [1.54, 1.807) is 0 Å². The van der Waals surface area contributed by atoms with Crippen LogP contribution in [-0.4, -0.2) is 15.0 Å². The quantitative estimate of drug-likeness (QED) is 0.881. The molecule has 1 N–H and O–H groups in total. The Bertz CT molecular complexity index is 524. The van der Waals surface area contributed by atoms with Gasteiger partial charge in [-0.3, -0.25) is 0 Å². The maximum Gasteiger partial charge on any atom is 0.213 e. The zero-order valence-corrected chi connectivity index (χ0v) is 11.6. The summed E-state index contributed by atoms with van der Waals surface area (Å²) in [7, 11) is 0. The summed E-state index contributed by atoms with van der Waals surface area (Å²) in [5.74, 6) is 2.04. The van der Waals surface area contributed by atoms with E-state index in [2.05, 4.69) is 36.2 Å². The number of rotatable bonds is 3. The molecule has 0 aromatic carbocycles. The average molecular weight is 318 g/mol. The van der Waals surface area contributed by atoms with Crippen molar-refractivity contribution in [2.24, 2.45) is 0 Å². The van der Waals surface area contributed by atoms with Gasteiger partial charge in [-0.15, -0.1) is 0 Å². The minimum Gasteiger partial charge on any atom is -0.444 e. The minimum absolute atomic E-state index is 0.363. The largest absolute Gasteiger partial charge is 0.444 e. The van der Waals surface area contributed by atoms with Gasteiger partial charge in [0.05, 0.1) is 16.7 Å². The molecule has 0 atom stereocenters. The Hall–Kier alpha value is -1.14. The minimum atomic E-state index is 0.363. The van der Waals surface area contributed by atoms with Gasteiger partial charge >= 0.3 is 0 Å². The average Bonchev–Trinajstić information content (AvgIpc) is 2.61. The maximum absolute atomic E-state index is 5.85. The zero-order chi connectivity index (χ0) is 12.4. The molecule has 2 aromatic heterocycles. The summed E-state index contributed by atoms with van der Waals surface area (Å²) in [5.41, 5.74) is 0.890. The van der Waals surface area contributed by atoms with Crippen LogP contribution in [0.25, 0.3) is 0 Å². The molecule has 2 rings (SSSR count). The predicted molar refractivity (Wildman–Crippen MR) is 68.0 cm³/mol. The molecule has 0 aliphatic heterocycles. The van der Waals surface area contributed by atoms with Crippen molar-refractivity contribution >= 4 is 33.3 Å². The van der Waals surface area contributed by atoms with Crippen LogP contribution in [0.5, 0.6) is 0 Å². The fraction of sp³-hybridized carbons (Fsp3) is 0.300. The molecule has 0 aliphatic carbocycles. The highest BCUT2D eigenvalue weighted by Gasteiger charge is 2.09. The van der Waals surface area contributed by atoms with E-state index < -0.39 is 0 Å². The van der Waals surface area contributed by atoms with Gasteiger partial charge in [0.2, 0.25) is 5.89 Å². The summed E-state index contributed by atoms with van der Waals surface area (Å²) in [5, 5.41) is 3.44. The smallest absolute Gasteiger partial charge is 0.213 e. The third-order valence-corrected chi connectivity index (χ3v) is 3.49. The number of hydrogen-bond donors (Lipinski definition) is 1. The van der Waals surface area contributed by atoms with Crippen molar-refractivity contribution in [2.45, 2.75) is 20.4 Å². The monoisotopic (exact) mass is 316 g/mol. The number of hydrogen-bond acceptors (Lipinski definition) is 5. The Kier molecular flexibility index (Phi) is 3.63. The van der Waals surface area contributed by atoms with Crippen LogP contribution >= 0.6 is 27.5 Å². The number of nitrogens with zero attached hydrogens (tertiary/aromatic N) is 3. The molecule has 5 nitrogen and oxygen atoms in total. The first-order chi connectivity index (χ1) is 8.08. The molecule has 0 saturated heterocycles. The van der Waals surface area contributed by atoms with E-state index in [1.165, 1.54) is 6.33 Å². The number of halogens is 2. The lowest BCUT2D eigenvalue weighted by Crippen LogP contribution is -2.03. The van der Waals surface area contributed by atoms with Gasteiger partial charge in [-0.1, -0.05) is 11.6 Å². The van der Waals surface area contributed by atoms with Crippen molar-refractivity contribution in [3.05, 3.63) is 33.3 Å². The molecule has 90 valence electrons. The van der Waals surface area contributed by atoms with Gasteiger partial charge in [0.1, 0.15) is 23.1 Å². The molecule has 2 aromatic rings. The van der Waals surface area contributed by atoms with Crippen LogP contribution in [-0.2, 0) is 6.54 Å². The summed E-state index contributed by atoms with van der Waals surface area (Å²) in [6, 6.07) is 0. The lowest BCUT2D eigenvalue weighted by Gasteiger charge is -2.05. The van der Waals surface area contributed by atoms with E-state index in [-0.39, 0.29) is 0 Å². The second-order valence-electron chi connectivity index (χ2n) is 3.43. The van der Waals surface area contributed by atoms with E-state index in [9.17, 15) is 0 Å². The molecule has 0 bridgehead atoms. The van der Waals surface area contributed by atoms with E-state index >= 15 is 0 Å². The van der Waals surface area contributed by atoms with Crippen molar-refractivity contribution in [1.82, 2.24) is 15.0 Å². The number of aryl methyl sites for hydroxylation is 2. The highest BCUT2D eigenvalue weighted by atomic mass is 79.9. The van der Waals surface area contributed by atoms with Gasteiger partial charge in [0.25, 0.3) is 0 Å². The highest BCUT2D eigenvalue weighted by molar-refractivity contribution is 9.10. The summed E-state index contributed by atoms with van der Waals surface area (Å²) >= 11 is 9.15. The SMILES string of the molecule is Cc1nc(CNc2ncnc(Cl)c2Br)oc1C. The number of oxazole rings is 1. The van der Waals surface area contributed by atoms with Crippen LogP contribution in [0, 0.1) is 13.8 Å². The molecule has 0 amide bonds. The molecular weight excluding hydrogens is 307 g/mol. The number of anilines is 1. The number of nitrogens with one attached hydrogen (secondary N) is 1. The van der Waals surface area contributed by atoms with Crippen LogP contribution in [0.1, 0.15) is 17.3 Å². The third-order valence-electron chi connectivity index (χ3n) is 2.23. The lowest BCUT2D eigenvalue weighted by atomic mass is 10.4. The molecule has 0 radical (unpaired) electrons. The first-order valence-electron chi connectivity index (χ1n) is 4.90. The van der Waals surface area contributed by atoms with Crippen LogP contribution < -0.4 is 5.32 Å². The topological polar surface area (TPSA) is 63.8 Å². The molecule has 2 heterocycles. The molecule has 0 spiro atoms. The maximum atomic E-state index is 5.85. The summed E-state index contributed by atoms with van der Waals surface area (Å²) < 4.78 is 6.07. The predicted octanol–water partition coefficient (Wildman–Crippen LogP) is 3.11. The van der Waals surface area contributed by atoms with E-state index in [1.807, 2.05) is 13.8 Å². The van der Waals surface area contributed by atoms with Gasteiger partial charge < -0.3 is 9.73 Å². The first-order valence-corrected chi connectivity index (χ1v) is 6.08. The van der Waals surface area contributed by atoms with Crippen molar-refractivity contribution in [3.63, 3.8) is 0 Å². The van der Waals surface area contributed by atoms with Crippen LogP contribution in [0.2, 0.25) is 5.15 Å². The normalized spacial score (nSPS) is 10.6. The molecule has 0 fully saturated rings. The van der Waals surface area contributed by atoms with Crippen molar-refractivity contribution in [2.75, 3.05) is 5.32 Å². The molecule has 17 heavy (non-hydrogen) atoms. The Balaban J connectivity index is 2.10. The summed E-state index contributed by atoms with van der Waals surface area (Å²) in [6.45, 7) is 4.23. The van der Waals surface area contributed by atoms with E-state index in [4.69, 9.17) is 16.0 Å². The standard InChI is InChI=1S/C10H10BrClN4O/c1-5-6(2)17-7(16-5)3-13-10-8(11)9(12)14-4-15-10/h4H,3H2,1-2H3,(H,13,14,15). The van der Waals surface area contributed by atoms with Gasteiger partial charge in [-0.05, 0) is 29.8 Å². The number of aromatic nitrogens is 3. The summed E-state index contributed by atoms with van der Waals surface area (Å²) in [6.07, 6.45) is 1.39. The highest BCUT2D eigenvalue weighted by Crippen LogP contribution is 2.26. The second kappa shape index (κ2) is 5.01. The fourth-order valence-electron chi connectivity index (χ4n) is 1.25. The van der Waals surface area contributed by atoms with E-state index in [0.29, 0.717) is 27.9 Å². The zero-order valence-electron chi connectivity index (χ0n) is 9.29. The fourth-order valence-corrected chi connectivity index (χ4v) is 1.72. The Morgan fingerprint density at radius 2 is 2.18 bits per heavy atom. The molecule has 0 aliphatic rings. The van der Waals surface area contributed by atoms with Crippen LogP contribution in [0.15, 0.2) is 15.2 Å². The van der Waals surface area contributed by atoms with Gasteiger partial charge in [-0.25, -0.2) is 15.0 Å². The second-order valence-corrected chi connectivity index (χ2v) is 4.58. The third kappa shape index (κ3) is 2.76. The first kappa shape index (κ1) is 12.3. The van der Waals surface area contributed by atoms with Crippen molar-refractivity contribution in [1.29, 1.82) is 0 Å². The lowest BCUT2D eigenvalue weighted by molar-refractivity contribution is 0.478. The summed E-state index contributed by atoms with van der Waals surface area (Å²) in [4.78, 5) is 12.2. The van der Waals surface area contributed by atoms with Gasteiger partial charge in [0.15, 0.2) is 0 Å². The molecule has 0 saturated carbocycles. The van der Waals surface area contributed by atoms with Crippen molar-refractivity contribution in [3.8, 4) is 0 Å². The van der Waals surface area contributed by atoms with Crippen LogP contribution in [0.3, 0.4) is 0 Å². The Labute approximate surface area is 112 Å². The Morgan fingerprint density at radius 3 is 2.82 bits per heavy atom. The Morgan fingerprint density at radius 1 is 1.41 bits per heavy atom. The van der Waals surface area contributed by atoms with Gasteiger partial charge in [0, 0.05) is 0 Å². The van der Waals surface area contributed by atoms with E-state index in [0.717, 1.165) is 11.5 Å². The van der Waals surface area contributed by atoms with Crippen LogP contribution in [0.4, 0.5) is 5.82 Å². The van der Waals surface area contributed by atoms with Crippen molar-refractivity contribution < 1.29 is 4.42 Å². The van der Waals surface area contributed by atoms with Gasteiger partial charge in [-0.2, -0.15) is 0 Å².